The molecule has 0 amide bonds. The van der Waals surface area contributed by atoms with Gasteiger partial charge in [0.25, 0.3) is 0 Å². The molecule has 1 aliphatic heterocycles. The summed E-state index contributed by atoms with van der Waals surface area (Å²) in [7, 11) is 0. The Kier molecular flexibility index (Phi) is 9.78. The third-order valence-electron chi connectivity index (χ3n) is 10.4. The lowest BCUT2D eigenvalue weighted by Gasteiger charge is -2.19. The Bertz CT molecular complexity index is 2790. The van der Waals surface area contributed by atoms with Crippen LogP contribution in [0.3, 0.4) is 0 Å². The first kappa shape index (κ1) is 35.0. The molecule has 0 radical (unpaired) electrons. The third-order valence-corrected chi connectivity index (χ3v) is 11.5. The van der Waals surface area contributed by atoms with Crippen molar-refractivity contribution in [1.82, 2.24) is 0 Å². The van der Waals surface area contributed by atoms with E-state index >= 15 is 0 Å². The summed E-state index contributed by atoms with van der Waals surface area (Å²) >= 11 is 1.82. The highest BCUT2D eigenvalue weighted by Gasteiger charge is 2.26. The number of furan rings is 1. The van der Waals surface area contributed by atoms with Gasteiger partial charge in [0.15, 0.2) is 0 Å². The van der Waals surface area contributed by atoms with Crippen molar-refractivity contribution in [3.63, 3.8) is 0 Å². The van der Waals surface area contributed by atoms with Gasteiger partial charge in [-0.2, -0.15) is 0 Å². The molecule has 2 heteroatoms. The summed E-state index contributed by atoms with van der Waals surface area (Å²) in [5.41, 5.74) is 9.88. The normalized spacial score (nSPS) is 14.4. The largest absolute Gasteiger partial charge is 0.455 e. The van der Waals surface area contributed by atoms with E-state index < -0.39 is 0 Å². The van der Waals surface area contributed by atoms with Crippen molar-refractivity contribution in [2.45, 2.75) is 31.1 Å². The smallest absolute Gasteiger partial charge is 0.150 e. The molecular weight excluding hydrogens is 673 g/mol. The molecule has 8 rings (SSSR count). The molecule has 1 nitrogen and oxygen atoms in total. The van der Waals surface area contributed by atoms with Crippen LogP contribution in [-0.2, 0) is 6.42 Å². The lowest BCUT2D eigenvalue weighted by molar-refractivity contribution is 0.660. The lowest BCUT2D eigenvalue weighted by atomic mass is 9.85. The summed E-state index contributed by atoms with van der Waals surface area (Å²) in [4.78, 5) is 2.52. The van der Waals surface area contributed by atoms with Crippen molar-refractivity contribution in [2.75, 3.05) is 0 Å². The van der Waals surface area contributed by atoms with E-state index in [1.807, 2.05) is 30.0 Å². The average molecular weight is 715 g/mol. The summed E-state index contributed by atoms with van der Waals surface area (Å²) in [5.74, 6) is 0. The van der Waals surface area contributed by atoms with E-state index in [9.17, 15) is 0 Å². The molecule has 262 valence electrons. The second kappa shape index (κ2) is 15.1. The number of benzene rings is 6. The topological polar surface area (TPSA) is 13.1 Å². The predicted octanol–water partition coefficient (Wildman–Crippen LogP) is 15.4. The molecule has 6 aromatic carbocycles. The number of hydrogen-bond acceptors (Lipinski definition) is 2. The molecule has 0 aliphatic carbocycles. The fraction of sp³-hybridized carbons (Fsp3) is 0.0769. The van der Waals surface area contributed by atoms with Crippen molar-refractivity contribution >= 4 is 77.2 Å². The van der Waals surface area contributed by atoms with Gasteiger partial charge in [-0.05, 0) is 102 Å². The minimum absolute atomic E-state index is 0.764. The molecule has 54 heavy (non-hydrogen) atoms. The second-order valence-electron chi connectivity index (χ2n) is 13.8. The first-order valence-corrected chi connectivity index (χ1v) is 19.3. The van der Waals surface area contributed by atoms with Crippen LogP contribution in [0.25, 0.3) is 65.4 Å². The van der Waals surface area contributed by atoms with Crippen LogP contribution in [0.5, 0.6) is 0 Å². The molecule has 0 unspecified atom stereocenters. The Morgan fingerprint density at radius 3 is 1.98 bits per heavy atom. The van der Waals surface area contributed by atoms with Gasteiger partial charge in [0.1, 0.15) is 11.2 Å². The number of hydrogen-bond donors (Lipinski definition) is 0. The molecule has 0 spiro atoms. The fourth-order valence-corrected chi connectivity index (χ4v) is 8.90. The summed E-state index contributed by atoms with van der Waals surface area (Å²) in [6.07, 6.45) is 21.5. The van der Waals surface area contributed by atoms with E-state index in [0.717, 1.165) is 52.7 Å². The molecule has 2 heterocycles. The zero-order valence-corrected chi connectivity index (χ0v) is 31.5. The van der Waals surface area contributed by atoms with Crippen molar-refractivity contribution in [1.29, 1.82) is 0 Å². The summed E-state index contributed by atoms with van der Waals surface area (Å²) in [6, 6.07) is 34.4. The zero-order chi connectivity index (χ0) is 37.2. The van der Waals surface area contributed by atoms with E-state index in [-0.39, 0.29) is 0 Å². The standard InChI is InChI=1S/C52H42OS/c1-6-8-9-10-20-37(19-7-2)49-43-25-15-13-23-41(43)48(42-24-14-16-26-44(42)49)36(5)30-29-34(3)35(4)31-32-38-33-46-39-21-11-12-22-40(39)50-45-27-17-18-28-47(45)53-51(50)52(46)54-38/h6-7,9-18,20-32H,1-3,5,8,19,33H2,4H3/b10-9-,30-29-,35-31+,37-20+,38-32+. The van der Waals surface area contributed by atoms with Gasteiger partial charge < -0.3 is 4.42 Å². The molecule has 0 bridgehead atoms. The molecule has 1 aliphatic rings. The van der Waals surface area contributed by atoms with Crippen LogP contribution in [0.4, 0.5) is 0 Å². The third kappa shape index (κ3) is 6.33. The monoisotopic (exact) mass is 714 g/mol. The summed E-state index contributed by atoms with van der Waals surface area (Å²) in [6.45, 7) is 19.1. The van der Waals surface area contributed by atoms with E-state index in [1.54, 1.807) is 0 Å². The maximum atomic E-state index is 6.51. The predicted molar refractivity (Wildman–Crippen MR) is 238 cm³/mol. The van der Waals surface area contributed by atoms with E-state index in [1.165, 1.54) is 69.6 Å². The fourth-order valence-electron chi connectivity index (χ4n) is 7.74. The summed E-state index contributed by atoms with van der Waals surface area (Å²) < 4.78 is 6.51. The number of rotatable bonds is 11. The Labute approximate surface area is 322 Å². The van der Waals surface area contributed by atoms with E-state index in [0.29, 0.717) is 0 Å². The van der Waals surface area contributed by atoms with Crippen LogP contribution < -0.4 is 0 Å². The van der Waals surface area contributed by atoms with Crippen molar-refractivity contribution in [3.05, 3.63) is 211 Å². The number of fused-ring (bicyclic) bond motifs is 10. The highest BCUT2D eigenvalue weighted by Crippen LogP contribution is 2.50. The van der Waals surface area contributed by atoms with Gasteiger partial charge in [-0.1, -0.05) is 171 Å². The van der Waals surface area contributed by atoms with Gasteiger partial charge in [0, 0.05) is 17.2 Å². The lowest BCUT2D eigenvalue weighted by Crippen LogP contribution is -1.95. The van der Waals surface area contributed by atoms with Crippen molar-refractivity contribution in [2.24, 2.45) is 0 Å². The molecule has 7 aromatic rings. The number of allylic oxidation sites excluding steroid dienone is 14. The first-order chi connectivity index (χ1) is 26.5. The van der Waals surface area contributed by atoms with Gasteiger partial charge in [0.05, 0.1) is 4.90 Å². The Balaban J connectivity index is 1.10. The van der Waals surface area contributed by atoms with Gasteiger partial charge in [-0.3, -0.25) is 0 Å². The molecule has 0 saturated heterocycles. The minimum Gasteiger partial charge on any atom is -0.455 e. The maximum Gasteiger partial charge on any atom is 0.150 e. The van der Waals surface area contributed by atoms with Crippen LogP contribution >= 0.6 is 11.8 Å². The zero-order valence-electron chi connectivity index (χ0n) is 30.7. The molecule has 1 aromatic heterocycles. The van der Waals surface area contributed by atoms with E-state index in [2.05, 4.69) is 167 Å². The SMILES string of the molecule is C=CC/C=C\C=C(/CC=C)c1c2ccccc2c(C(=C)/C=C\C(=C)/C(C)=C/C=C2\Cc3c(c4oc5ccccc5c4c4ccccc34)S2)c2ccccc12. The van der Waals surface area contributed by atoms with Gasteiger partial charge in [-0.25, -0.2) is 0 Å². The average Bonchev–Trinajstić information content (AvgIpc) is 3.82. The number of para-hydroxylation sites is 1. The van der Waals surface area contributed by atoms with Crippen LogP contribution in [0.2, 0.25) is 0 Å². The maximum absolute atomic E-state index is 6.51. The molecule has 0 N–H and O–H groups in total. The Morgan fingerprint density at radius 1 is 0.704 bits per heavy atom. The number of thioether (sulfide) groups is 1. The van der Waals surface area contributed by atoms with E-state index in [4.69, 9.17) is 4.42 Å². The quantitative estimate of drug-likeness (QED) is 0.0752. The van der Waals surface area contributed by atoms with Crippen LogP contribution in [0.1, 0.15) is 36.5 Å². The molecular formula is C52H42OS. The van der Waals surface area contributed by atoms with Crippen molar-refractivity contribution < 1.29 is 4.42 Å². The minimum atomic E-state index is 0.764. The summed E-state index contributed by atoms with van der Waals surface area (Å²) in [5, 5.41) is 9.70. The molecule has 0 atom stereocenters. The van der Waals surface area contributed by atoms with Crippen molar-refractivity contribution in [3.8, 4) is 0 Å². The van der Waals surface area contributed by atoms with Gasteiger partial charge >= 0.3 is 0 Å². The van der Waals surface area contributed by atoms with Gasteiger partial charge in [0.2, 0.25) is 0 Å². The molecule has 0 saturated carbocycles. The van der Waals surface area contributed by atoms with Crippen LogP contribution in [0.15, 0.2) is 203 Å². The highest BCUT2D eigenvalue weighted by atomic mass is 32.2. The highest BCUT2D eigenvalue weighted by molar-refractivity contribution is 8.03. The van der Waals surface area contributed by atoms with Gasteiger partial charge in [-0.15, -0.1) is 13.2 Å². The molecule has 0 fully saturated rings. The second-order valence-corrected chi connectivity index (χ2v) is 14.9. The Hall–Kier alpha value is -6.09. The van der Waals surface area contributed by atoms with Crippen LogP contribution in [-0.4, -0.2) is 0 Å². The Morgan fingerprint density at radius 2 is 1.31 bits per heavy atom. The first-order valence-electron chi connectivity index (χ1n) is 18.5. The van der Waals surface area contributed by atoms with Crippen LogP contribution in [0, 0.1) is 0 Å².